The Morgan fingerprint density at radius 1 is 1.22 bits per heavy atom. The molecule has 2 aromatic rings. The molecule has 2 atom stereocenters. The first-order chi connectivity index (χ1) is 12.8. The third kappa shape index (κ3) is 5.25. The van der Waals surface area contributed by atoms with Crippen LogP contribution in [0.25, 0.3) is 11.3 Å². The van der Waals surface area contributed by atoms with Crippen molar-refractivity contribution in [3.63, 3.8) is 0 Å². The van der Waals surface area contributed by atoms with E-state index in [0.29, 0.717) is 35.9 Å². The molecular formula is C19H20ClF3N2O2. The van der Waals surface area contributed by atoms with Crippen LogP contribution in [0.1, 0.15) is 38.0 Å². The number of carbonyl (C=O) groups excluding carboxylic acids is 1. The summed E-state index contributed by atoms with van der Waals surface area (Å²) in [4.78, 5) is 16.2. The smallest absolute Gasteiger partial charge is 0.393 e. The van der Waals surface area contributed by atoms with Gasteiger partial charge < -0.3 is 9.73 Å². The molecule has 0 spiro atoms. The quantitative estimate of drug-likeness (QED) is 0.753. The topological polar surface area (TPSA) is 55.1 Å². The van der Waals surface area contributed by atoms with Gasteiger partial charge in [-0.15, -0.1) is 0 Å². The predicted molar refractivity (Wildman–Crippen MR) is 95.2 cm³/mol. The molecule has 1 N–H and O–H groups in total. The molecule has 1 heterocycles. The summed E-state index contributed by atoms with van der Waals surface area (Å²) in [6.07, 6.45) is -0.813. The maximum Gasteiger partial charge on any atom is 0.393 e. The summed E-state index contributed by atoms with van der Waals surface area (Å²) in [7, 11) is 0. The number of halogens is 4. The summed E-state index contributed by atoms with van der Waals surface area (Å²) in [5, 5.41) is 3.15. The highest BCUT2D eigenvalue weighted by Crippen LogP contribution is 2.37. The average Bonchev–Trinajstić information content (AvgIpc) is 3.09. The van der Waals surface area contributed by atoms with Crippen molar-refractivity contribution in [2.24, 2.45) is 5.92 Å². The minimum Gasteiger partial charge on any atom is -0.441 e. The van der Waals surface area contributed by atoms with E-state index in [2.05, 4.69) is 10.3 Å². The van der Waals surface area contributed by atoms with E-state index >= 15 is 0 Å². The normalized spacial score (nSPS) is 20.4. The Labute approximate surface area is 160 Å². The third-order valence-corrected chi connectivity index (χ3v) is 5.03. The van der Waals surface area contributed by atoms with Crippen molar-refractivity contribution in [2.75, 3.05) is 0 Å². The monoisotopic (exact) mass is 400 g/mol. The lowest BCUT2D eigenvalue weighted by atomic mass is 9.84. The molecule has 1 amide bonds. The molecule has 1 aromatic carbocycles. The van der Waals surface area contributed by atoms with Crippen LogP contribution in [-0.2, 0) is 11.2 Å². The van der Waals surface area contributed by atoms with Gasteiger partial charge >= 0.3 is 6.18 Å². The van der Waals surface area contributed by atoms with E-state index in [-0.39, 0.29) is 19.3 Å². The molecule has 2 unspecified atom stereocenters. The molecule has 1 aromatic heterocycles. The molecule has 27 heavy (non-hydrogen) atoms. The minimum absolute atomic E-state index is 0.0294. The molecule has 1 fully saturated rings. The van der Waals surface area contributed by atoms with Crippen molar-refractivity contribution in [3.8, 4) is 11.3 Å². The Morgan fingerprint density at radius 2 is 1.93 bits per heavy atom. The summed E-state index contributed by atoms with van der Waals surface area (Å²) in [6.45, 7) is 0. The first-order valence-corrected chi connectivity index (χ1v) is 9.27. The van der Waals surface area contributed by atoms with Crippen molar-refractivity contribution >= 4 is 17.5 Å². The van der Waals surface area contributed by atoms with E-state index in [1.807, 2.05) is 0 Å². The van der Waals surface area contributed by atoms with Gasteiger partial charge in [0.05, 0.1) is 12.1 Å². The van der Waals surface area contributed by atoms with Crippen molar-refractivity contribution in [3.05, 3.63) is 41.4 Å². The Balaban J connectivity index is 1.54. The van der Waals surface area contributed by atoms with Gasteiger partial charge in [-0.25, -0.2) is 4.98 Å². The van der Waals surface area contributed by atoms with Gasteiger partial charge in [-0.3, -0.25) is 4.79 Å². The highest BCUT2D eigenvalue weighted by molar-refractivity contribution is 6.30. The van der Waals surface area contributed by atoms with Gasteiger partial charge in [0, 0.05) is 29.5 Å². The van der Waals surface area contributed by atoms with Gasteiger partial charge in [-0.2, -0.15) is 13.2 Å². The predicted octanol–water partition coefficient (Wildman–Crippen LogP) is 5.16. The van der Waals surface area contributed by atoms with E-state index in [0.717, 1.165) is 5.56 Å². The Kier molecular flexibility index (Phi) is 6.09. The Bertz CT molecular complexity index is 774. The number of hydrogen-bond acceptors (Lipinski definition) is 3. The molecule has 4 nitrogen and oxygen atoms in total. The number of amides is 1. The van der Waals surface area contributed by atoms with Crippen LogP contribution in [0.3, 0.4) is 0 Å². The maximum atomic E-state index is 13.1. The zero-order chi connectivity index (χ0) is 19.4. The van der Waals surface area contributed by atoms with Crippen molar-refractivity contribution < 1.29 is 22.4 Å². The number of benzene rings is 1. The molecule has 146 valence electrons. The molecule has 0 aliphatic heterocycles. The second-order valence-electron chi connectivity index (χ2n) is 6.73. The maximum absolute atomic E-state index is 13.1. The lowest BCUT2D eigenvalue weighted by Crippen LogP contribution is -2.47. The molecule has 1 aliphatic carbocycles. The third-order valence-electron chi connectivity index (χ3n) is 4.78. The van der Waals surface area contributed by atoms with Crippen molar-refractivity contribution in [1.82, 2.24) is 10.3 Å². The van der Waals surface area contributed by atoms with Gasteiger partial charge in [0.15, 0.2) is 11.7 Å². The number of aromatic nitrogens is 1. The fourth-order valence-electron chi connectivity index (χ4n) is 3.37. The number of hydrogen-bond donors (Lipinski definition) is 1. The molecule has 1 saturated carbocycles. The van der Waals surface area contributed by atoms with Gasteiger partial charge in [-0.1, -0.05) is 24.4 Å². The Morgan fingerprint density at radius 3 is 2.63 bits per heavy atom. The summed E-state index contributed by atoms with van der Waals surface area (Å²) in [6, 6.07) is 6.20. The largest absolute Gasteiger partial charge is 0.441 e. The Hall–Kier alpha value is -2.02. The molecule has 0 bridgehead atoms. The number of alkyl halides is 3. The standard InChI is InChI=1S/C19H20ClF3N2O2/c20-13-7-5-12(6-8-13)16-11-24-18(27-16)10-9-17(26)25-15-4-2-1-3-14(15)19(21,22)23/h5-8,11,14-15H,1-4,9-10H2,(H,25,26). The zero-order valence-corrected chi connectivity index (χ0v) is 15.3. The van der Waals surface area contributed by atoms with Crippen LogP contribution in [0.2, 0.25) is 5.02 Å². The SMILES string of the molecule is O=C(CCc1ncc(-c2ccc(Cl)cc2)o1)NC1CCCCC1C(F)(F)F. The van der Waals surface area contributed by atoms with E-state index in [1.165, 1.54) is 0 Å². The minimum atomic E-state index is -4.28. The highest BCUT2D eigenvalue weighted by atomic mass is 35.5. The fourth-order valence-corrected chi connectivity index (χ4v) is 3.49. The average molecular weight is 401 g/mol. The van der Waals surface area contributed by atoms with Gasteiger partial charge in [0.25, 0.3) is 0 Å². The number of carbonyl (C=O) groups is 1. The second kappa shape index (κ2) is 8.33. The van der Waals surface area contributed by atoms with Crippen molar-refractivity contribution in [2.45, 2.75) is 50.7 Å². The van der Waals surface area contributed by atoms with Crippen molar-refractivity contribution in [1.29, 1.82) is 0 Å². The lowest BCUT2D eigenvalue weighted by Gasteiger charge is -2.33. The van der Waals surface area contributed by atoms with Crippen LogP contribution in [0.5, 0.6) is 0 Å². The summed E-state index contributed by atoms with van der Waals surface area (Å²) < 4.78 is 44.9. The molecule has 0 saturated heterocycles. The summed E-state index contributed by atoms with van der Waals surface area (Å²) in [5.41, 5.74) is 0.804. The first kappa shape index (κ1) is 19.7. The number of oxazole rings is 1. The molecule has 3 rings (SSSR count). The second-order valence-corrected chi connectivity index (χ2v) is 7.17. The van der Waals surface area contributed by atoms with Crippen LogP contribution >= 0.6 is 11.6 Å². The number of nitrogens with zero attached hydrogens (tertiary/aromatic N) is 1. The van der Waals surface area contributed by atoms with E-state index < -0.39 is 24.0 Å². The van der Waals surface area contributed by atoms with Crippen LogP contribution in [0.15, 0.2) is 34.9 Å². The van der Waals surface area contributed by atoms with E-state index in [1.54, 1.807) is 30.5 Å². The van der Waals surface area contributed by atoms with Crippen LogP contribution < -0.4 is 5.32 Å². The van der Waals surface area contributed by atoms with Gasteiger partial charge in [0.2, 0.25) is 5.91 Å². The first-order valence-electron chi connectivity index (χ1n) is 8.89. The van der Waals surface area contributed by atoms with Crippen LogP contribution in [0, 0.1) is 5.92 Å². The lowest BCUT2D eigenvalue weighted by molar-refractivity contribution is -0.189. The molecule has 0 radical (unpaired) electrons. The molecule has 1 aliphatic rings. The highest BCUT2D eigenvalue weighted by Gasteiger charge is 2.45. The van der Waals surface area contributed by atoms with Crippen LogP contribution in [0.4, 0.5) is 13.2 Å². The van der Waals surface area contributed by atoms with E-state index in [9.17, 15) is 18.0 Å². The summed E-state index contributed by atoms with van der Waals surface area (Å²) >= 11 is 5.85. The number of rotatable bonds is 5. The number of aryl methyl sites for hydroxylation is 1. The summed E-state index contributed by atoms with van der Waals surface area (Å²) in [5.74, 6) is -0.964. The molecule has 8 heteroatoms. The number of nitrogens with one attached hydrogen (secondary N) is 1. The van der Waals surface area contributed by atoms with Crippen LogP contribution in [-0.4, -0.2) is 23.1 Å². The molecular weight excluding hydrogens is 381 g/mol. The van der Waals surface area contributed by atoms with Gasteiger partial charge in [-0.05, 0) is 37.1 Å². The zero-order valence-electron chi connectivity index (χ0n) is 14.6. The van der Waals surface area contributed by atoms with Gasteiger partial charge in [0.1, 0.15) is 0 Å². The fraction of sp³-hybridized carbons (Fsp3) is 0.474. The van der Waals surface area contributed by atoms with E-state index in [4.69, 9.17) is 16.0 Å².